The average Bonchev–Trinajstić information content (AvgIpc) is 2.58. The third kappa shape index (κ3) is 10.4. The van der Waals surface area contributed by atoms with Crippen molar-refractivity contribution in [3.63, 3.8) is 0 Å². The maximum absolute atomic E-state index is 11.6. The molecule has 128 valence electrons. The molecule has 0 aliphatic carbocycles. The van der Waals surface area contributed by atoms with Crippen molar-refractivity contribution in [2.24, 2.45) is 0 Å². The minimum Gasteiger partial charge on any atom is -0.461 e. The first-order chi connectivity index (χ1) is 11.2. The van der Waals surface area contributed by atoms with Gasteiger partial charge in [0.1, 0.15) is 6.61 Å². The number of rotatable bonds is 12. The van der Waals surface area contributed by atoms with Crippen LogP contribution in [0.2, 0.25) is 0 Å². The molecule has 6 nitrogen and oxygen atoms in total. The second kappa shape index (κ2) is 12.6. The van der Waals surface area contributed by atoms with Crippen LogP contribution in [0.25, 0.3) is 0 Å². The largest absolute Gasteiger partial charge is 0.461 e. The first-order valence-electron chi connectivity index (χ1n) is 7.75. The van der Waals surface area contributed by atoms with Crippen molar-refractivity contribution in [2.45, 2.75) is 25.9 Å². The maximum Gasteiger partial charge on any atom is 0.306 e. The van der Waals surface area contributed by atoms with Crippen LogP contribution in [-0.4, -0.2) is 45.4 Å². The number of methoxy groups -OCH3 is 1. The Hall–Kier alpha value is -1.92. The summed E-state index contributed by atoms with van der Waals surface area (Å²) < 4.78 is 15.2. The van der Waals surface area contributed by atoms with Crippen LogP contribution in [0.15, 0.2) is 30.3 Å². The minimum absolute atomic E-state index is 0.0863. The number of carbonyl (C=O) groups is 2. The Morgan fingerprint density at radius 2 is 1.83 bits per heavy atom. The fraction of sp³-hybridized carbons (Fsp3) is 0.529. The summed E-state index contributed by atoms with van der Waals surface area (Å²) in [4.78, 5) is 23.1. The summed E-state index contributed by atoms with van der Waals surface area (Å²) in [6, 6.07) is 9.44. The van der Waals surface area contributed by atoms with Gasteiger partial charge in [-0.05, 0) is 12.0 Å². The van der Waals surface area contributed by atoms with E-state index in [-0.39, 0.29) is 31.3 Å². The predicted molar refractivity (Wildman–Crippen MR) is 85.8 cm³/mol. The van der Waals surface area contributed by atoms with Crippen molar-refractivity contribution in [3.8, 4) is 0 Å². The molecule has 1 rings (SSSR count). The average molecular weight is 323 g/mol. The Bertz CT molecular complexity index is 450. The lowest BCUT2D eigenvalue weighted by Crippen LogP contribution is -2.26. The van der Waals surface area contributed by atoms with E-state index in [1.807, 2.05) is 30.3 Å². The zero-order chi connectivity index (χ0) is 16.8. The molecule has 0 radical (unpaired) electrons. The molecule has 0 saturated carbocycles. The zero-order valence-electron chi connectivity index (χ0n) is 13.6. The molecule has 0 saturated heterocycles. The molecule has 0 spiro atoms. The number of amides is 1. The number of carbonyl (C=O) groups excluding carboxylic acids is 2. The lowest BCUT2D eigenvalue weighted by molar-refractivity contribution is -0.146. The van der Waals surface area contributed by atoms with E-state index < -0.39 is 0 Å². The Morgan fingerprint density at radius 1 is 1.04 bits per heavy atom. The van der Waals surface area contributed by atoms with Gasteiger partial charge in [-0.2, -0.15) is 0 Å². The highest BCUT2D eigenvalue weighted by Gasteiger charge is 2.07. The van der Waals surface area contributed by atoms with Crippen LogP contribution in [-0.2, 0) is 30.4 Å². The molecule has 0 aromatic heterocycles. The summed E-state index contributed by atoms with van der Waals surface area (Å²) in [6.07, 6.45) is 0.953. The van der Waals surface area contributed by atoms with Crippen molar-refractivity contribution in [1.29, 1.82) is 0 Å². The molecular formula is C17H25NO5. The topological polar surface area (TPSA) is 73.9 Å². The van der Waals surface area contributed by atoms with Crippen molar-refractivity contribution < 1.29 is 23.8 Å². The Morgan fingerprint density at radius 3 is 2.57 bits per heavy atom. The van der Waals surface area contributed by atoms with Crippen molar-refractivity contribution in [1.82, 2.24) is 5.32 Å². The summed E-state index contributed by atoms with van der Waals surface area (Å²) in [5.74, 6) is -0.523. The molecule has 1 aromatic carbocycles. The summed E-state index contributed by atoms with van der Waals surface area (Å²) in [5, 5.41) is 2.74. The fourth-order valence-corrected chi connectivity index (χ4v) is 1.76. The first-order valence-corrected chi connectivity index (χ1v) is 7.75. The van der Waals surface area contributed by atoms with Gasteiger partial charge in [0.15, 0.2) is 0 Å². The van der Waals surface area contributed by atoms with Gasteiger partial charge in [-0.3, -0.25) is 9.59 Å². The third-order valence-electron chi connectivity index (χ3n) is 3.02. The molecule has 1 aromatic rings. The normalized spacial score (nSPS) is 10.3. The molecule has 1 amide bonds. The van der Waals surface area contributed by atoms with Crippen molar-refractivity contribution in [2.75, 3.05) is 33.5 Å². The zero-order valence-corrected chi connectivity index (χ0v) is 13.6. The molecule has 23 heavy (non-hydrogen) atoms. The van der Waals surface area contributed by atoms with E-state index in [2.05, 4.69) is 5.32 Å². The van der Waals surface area contributed by atoms with E-state index in [0.717, 1.165) is 12.0 Å². The molecule has 0 heterocycles. The highest BCUT2D eigenvalue weighted by Crippen LogP contribution is 2.02. The van der Waals surface area contributed by atoms with Crippen molar-refractivity contribution in [3.05, 3.63) is 35.9 Å². The highest BCUT2D eigenvalue weighted by atomic mass is 16.5. The summed E-state index contributed by atoms with van der Waals surface area (Å²) in [6.45, 7) is 2.46. The van der Waals surface area contributed by atoms with Crippen LogP contribution in [0.4, 0.5) is 0 Å². The molecule has 0 fully saturated rings. The van der Waals surface area contributed by atoms with E-state index in [4.69, 9.17) is 14.2 Å². The van der Waals surface area contributed by atoms with Crippen LogP contribution >= 0.6 is 0 Å². The van der Waals surface area contributed by atoms with Gasteiger partial charge in [0.25, 0.3) is 0 Å². The lowest BCUT2D eigenvalue weighted by Gasteiger charge is -2.07. The minimum atomic E-state index is -0.369. The molecular weight excluding hydrogens is 298 g/mol. The molecule has 0 aliphatic rings. The fourth-order valence-electron chi connectivity index (χ4n) is 1.76. The Labute approximate surface area is 137 Å². The quantitative estimate of drug-likeness (QED) is 0.468. The van der Waals surface area contributed by atoms with E-state index in [0.29, 0.717) is 26.4 Å². The van der Waals surface area contributed by atoms with Gasteiger partial charge in [-0.1, -0.05) is 30.3 Å². The standard InChI is InChI=1S/C17H25NO5/c1-21-12-13-22-11-5-10-18-16(19)8-9-17(20)23-14-15-6-3-2-4-7-15/h2-4,6-7H,5,8-14H2,1H3,(H,18,19). The van der Waals surface area contributed by atoms with E-state index in [9.17, 15) is 9.59 Å². The molecule has 0 aliphatic heterocycles. The maximum atomic E-state index is 11.6. The summed E-state index contributed by atoms with van der Waals surface area (Å²) >= 11 is 0. The monoisotopic (exact) mass is 323 g/mol. The second-order valence-electron chi connectivity index (χ2n) is 4.95. The number of hydrogen-bond donors (Lipinski definition) is 1. The molecule has 0 unspecified atom stereocenters. The highest BCUT2D eigenvalue weighted by molar-refractivity contribution is 5.81. The van der Waals surface area contributed by atoms with Crippen molar-refractivity contribution >= 4 is 11.9 Å². The van der Waals surface area contributed by atoms with Crippen LogP contribution < -0.4 is 5.32 Å². The Balaban J connectivity index is 1.99. The van der Waals surface area contributed by atoms with E-state index >= 15 is 0 Å². The molecule has 0 atom stereocenters. The van der Waals surface area contributed by atoms with E-state index in [1.165, 1.54) is 0 Å². The first kappa shape index (κ1) is 19.1. The smallest absolute Gasteiger partial charge is 0.306 e. The van der Waals surface area contributed by atoms with Gasteiger partial charge in [-0.15, -0.1) is 0 Å². The molecule has 0 bridgehead atoms. The van der Waals surface area contributed by atoms with Crippen LogP contribution in [0.5, 0.6) is 0 Å². The van der Waals surface area contributed by atoms with Gasteiger partial charge >= 0.3 is 5.97 Å². The third-order valence-corrected chi connectivity index (χ3v) is 3.02. The van der Waals surface area contributed by atoms with Gasteiger partial charge in [0.05, 0.1) is 19.6 Å². The van der Waals surface area contributed by atoms with Crippen LogP contribution in [0.3, 0.4) is 0 Å². The number of ether oxygens (including phenoxy) is 3. The number of esters is 1. The number of nitrogens with one attached hydrogen (secondary N) is 1. The molecule has 1 N–H and O–H groups in total. The van der Waals surface area contributed by atoms with Crippen LogP contribution in [0.1, 0.15) is 24.8 Å². The number of hydrogen-bond acceptors (Lipinski definition) is 5. The van der Waals surface area contributed by atoms with Gasteiger partial charge in [0.2, 0.25) is 5.91 Å². The molecule has 6 heteroatoms. The summed E-state index contributed by atoms with van der Waals surface area (Å²) in [7, 11) is 1.62. The second-order valence-corrected chi connectivity index (χ2v) is 4.95. The van der Waals surface area contributed by atoms with Crippen LogP contribution in [0, 0.1) is 0 Å². The number of benzene rings is 1. The SMILES string of the molecule is COCCOCCCNC(=O)CCC(=O)OCc1ccccc1. The lowest BCUT2D eigenvalue weighted by atomic mass is 10.2. The Kier molecular flexibility index (Phi) is 10.5. The van der Waals surface area contributed by atoms with E-state index in [1.54, 1.807) is 7.11 Å². The van der Waals surface area contributed by atoms with Gasteiger partial charge < -0.3 is 19.5 Å². The summed E-state index contributed by atoms with van der Waals surface area (Å²) in [5.41, 5.74) is 0.929. The predicted octanol–water partition coefficient (Wildman–Crippen LogP) is 1.68. The van der Waals surface area contributed by atoms with Gasteiger partial charge in [-0.25, -0.2) is 0 Å². The van der Waals surface area contributed by atoms with Gasteiger partial charge in [0, 0.05) is 26.7 Å².